The summed E-state index contributed by atoms with van der Waals surface area (Å²) in [4.78, 5) is 26.2. The van der Waals surface area contributed by atoms with Gasteiger partial charge in [0.1, 0.15) is 5.75 Å². The molecule has 0 atom stereocenters. The minimum absolute atomic E-state index is 0.00360. The normalized spacial score (nSPS) is 14.1. The molecule has 0 aromatic heterocycles. The number of amides is 2. The monoisotopic (exact) mass is 344 g/mol. The Morgan fingerprint density at radius 3 is 2.71 bits per heavy atom. The molecule has 1 aliphatic heterocycles. The maximum Gasteiger partial charge on any atom is 0.257 e. The average Bonchev–Trinajstić information content (AvgIpc) is 2.96. The molecule has 2 aromatic carbocycles. The zero-order chi connectivity index (χ0) is 17.3. The molecule has 2 amide bonds. The van der Waals surface area contributed by atoms with E-state index in [4.69, 9.17) is 11.6 Å². The summed E-state index contributed by atoms with van der Waals surface area (Å²) in [5.41, 5.74) is 2.04. The van der Waals surface area contributed by atoms with Crippen molar-refractivity contribution < 1.29 is 14.7 Å². The van der Waals surface area contributed by atoms with Crippen molar-refractivity contribution in [3.8, 4) is 5.75 Å². The highest BCUT2D eigenvalue weighted by Gasteiger charge is 2.26. The van der Waals surface area contributed by atoms with Crippen LogP contribution in [-0.2, 0) is 4.79 Å². The lowest BCUT2D eigenvalue weighted by atomic mass is 10.1. The van der Waals surface area contributed by atoms with Crippen LogP contribution in [0.2, 0.25) is 5.02 Å². The van der Waals surface area contributed by atoms with E-state index in [1.807, 2.05) is 6.92 Å². The number of halogens is 1. The Morgan fingerprint density at radius 2 is 2.04 bits per heavy atom. The van der Waals surface area contributed by atoms with Crippen LogP contribution in [0, 0.1) is 6.92 Å². The van der Waals surface area contributed by atoms with E-state index in [-0.39, 0.29) is 11.7 Å². The summed E-state index contributed by atoms with van der Waals surface area (Å²) in [7, 11) is 0. The molecule has 0 saturated carbocycles. The largest absolute Gasteiger partial charge is 0.506 e. The maximum atomic E-state index is 12.6. The summed E-state index contributed by atoms with van der Waals surface area (Å²) < 4.78 is 0. The fourth-order valence-corrected chi connectivity index (χ4v) is 2.93. The maximum absolute atomic E-state index is 12.6. The summed E-state index contributed by atoms with van der Waals surface area (Å²) in [5, 5.41) is 13.1. The van der Waals surface area contributed by atoms with E-state index in [0.717, 1.165) is 12.0 Å². The van der Waals surface area contributed by atoms with Gasteiger partial charge in [0, 0.05) is 18.0 Å². The van der Waals surface area contributed by atoms with Gasteiger partial charge in [0.15, 0.2) is 0 Å². The third-order valence-electron chi connectivity index (χ3n) is 3.97. The highest BCUT2D eigenvalue weighted by molar-refractivity contribution is 6.31. The molecule has 6 heteroatoms. The number of anilines is 2. The molecule has 124 valence electrons. The number of benzene rings is 2. The number of nitrogens with zero attached hydrogens (tertiary/aromatic N) is 1. The molecule has 24 heavy (non-hydrogen) atoms. The van der Waals surface area contributed by atoms with Crippen molar-refractivity contribution in [3.05, 3.63) is 52.5 Å². The molecule has 5 nitrogen and oxygen atoms in total. The fraction of sp³-hybridized carbons (Fsp3) is 0.222. The van der Waals surface area contributed by atoms with Gasteiger partial charge in [-0.25, -0.2) is 0 Å². The van der Waals surface area contributed by atoms with Gasteiger partial charge in [-0.05, 0) is 49.2 Å². The van der Waals surface area contributed by atoms with E-state index < -0.39 is 5.91 Å². The van der Waals surface area contributed by atoms with Crippen LogP contribution in [0.3, 0.4) is 0 Å². The highest BCUT2D eigenvalue weighted by Crippen LogP contribution is 2.30. The Hall–Kier alpha value is -2.53. The number of rotatable bonds is 3. The van der Waals surface area contributed by atoms with Crippen molar-refractivity contribution in [1.29, 1.82) is 0 Å². The van der Waals surface area contributed by atoms with Crippen LogP contribution in [0.4, 0.5) is 11.4 Å². The summed E-state index contributed by atoms with van der Waals surface area (Å²) in [6.07, 6.45) is 1.22. The molecular formula is C18H17ClN2O3. The first-order chi connectivity index (χ1) is 11.5. The van der Waals surface area contributed by atoms with Crippen LogP contribution < -0.4 is 10.2 Å². The standard InChI is InChI=1S/C18H17ClN2O3/c1-11-4-7-14(16(22)9-11)20-18(24)13-6-5-12(19)10-15(13)21-8-2-3-17(21)23/h4-7,9-10,22H,2-3,8H2,1H3,(H,20,24). The molecule has 1 aliphatic rings. The molecule has 2 aromatic rings. The number of phenolic OH excluding ortho intramolecular Hbond substituents is 1. The lowest BCUT2D eigenvalue weighted by Crippen LogP contribution is -2.27. The van der Waals surface area contributed by atoms with Crippen LogP contribution in [-0.4, -0.2) is 23.5 Å². The van der Waals surface area contributed by atoms with Gasteiger partial charge in [-0.15, -0.1) is 0 Å². The summed E-state index contributed by atoms with van der Waals surface area (Å²) >= 11 is 6.04. The molecule has 3 rings (SSSR count). The smallest absolute Gasteiger partial charge is 0.257 e. The number of hydrogen-bond acceptors (Lipinski definition) is 3. The van der Waals surface area contributed by atoms with Crippen LogP contribution in [0.5, 0.6) is 5.75 Å². The molecule has 0 bridgehead atoms. The molecule has 0 unspecified atom stereocenters. The Kier molecular flexibility index (Phi) is 4.44. The third-order valence-corrected chi connectivity index (χ3v) is 4.21. The number of aromatic hydroxyl groups is 1. The Morgan fingerprint density at radius 1 is 1.25 bits per heavy atom. The summed E-state index contributed by atoms with van der Waals surface area (Å²) in [6.45, 7) is 2.41. The number of carbonyl (C=O) groups is 2. The molecule has 2 N–H and O–H groups in total. The van der Waals surface area contributed by atoms with Gasteiger partial charge in [0.25, 0.3) is 5.91 Å². The number of nitrogens with one attached hydrogen (secondary N) is 1. The van der Waals surface area contributed by atoms with Gasteiger partial charge in [-0.2, -0.15) is 0 Å². The zero-order valence-electron chi connectivity index (χ0n) is 13.2. The van der Waals surface area contributed by atoms with Gasteiger partial charge in [0.2, 0.25) is 5.91 Å². The Labute approximate surface area is 144 Å². The van der Waals surface area contributed by atoms with Crippen LogP contribution in [0.1, 0.15) is 28.8 Å². The topological polar surface area (TPSA) is 69.6 Å². The van der Waals surface area contributed by atoms with Gasteiger partial charge >= 0.3 is 0 Å². The van der Waals surface area contributed by atoms with Crippen molar-refractivity contribution in [2.75, 3.05) is 16.8 Å². The number of carbonyl (C=O) groups excluding carboxylic acids is 2. The van der Waals surface area contributed by atoms with Crippen molar-refractivity contribution in [2.24, 2.45) is 0 Å². The lowest BCUT2D eigenvalue weighted by molar-refractivity contribution is -0.117. The number of aryl methyl sites for hydroxylation is 1. The SMILES string of the molecule is Cc1ccc(NC(=O)c2ccc(Cl)cc2N2CCCC2=O)c(O)c1. The quantitative estimate of drug-likeness (QED) is 0.833. The predicted octanol–water partition coefficient (Wildman–Crippen LogP) is 3.73. The Balaban J connectivity index is 1.93. The number of hydrogen-bond donors (Lipinski definition) is 2. The molecule has 0 radical (unpaired) electrons. The second kappa shape index (κ2) is 6.53. The van der Waals surface area contributed by atoms with E-state index in [1.54, 1.807) is 41.3 Å². The lowest BCUT2D eigenvalue weighted by Gasteiger charge is -2.20. The fourth-order valence-electron chi connectivity index (χ4n) is 2.76. The summed E-state index contributed by atoms with van der Waals surface area (Å²) in [5.74, 6) is -0.430. The molecule has 0 spiro atoms. The van der Waals surface area contributed by atoms with E-state index in [0.29, 0.717) is 34.9 Å². The van der Waals surface area contributed by atoms with Gasteiger partial charge in [-0.1, -0.05) is 17.7 Å². The third kappa shape index (κ3) is 3.21. The first-order valence-corrected chi connectivity index (χ1v) is 8.04. The minimum Gasteiger partial charge on any atom is -0.506 e. The second-order valence-electron chi connectivity index (χ2n) is 5.79. The first kappa shape index (κ1) is 16.3. The summed E-state index contributed by atoms with van der Waals surface area (Å²) in [6, 6.07) is 9.82. The van der Waals surface area contributed by atoms with Crippen molar-refractivity contribution in [3.63, 3.8) is 0 Å². The van der Waals surface area contributed by atoms with Crippen molar-refractivity contribution >= 4 is 34.8 Å². The van der Waals surface area contributed by atoms with Crippen LogP contribution >= 0.6 is 11.6 Å². The van der Waals surface area contributed by atoms with Gasteiger partial charge in [-0.3, -0.25) is 9.59 Å². The minimum atomic E-state index is -0.402. The molecule has 0 aliphatic carbocycles. The van der Waals surface area contributed by atoms with Crippen molar-refractivity contribution in [1.82, 2.24) is 0 Å². The predicted molar refractivity (Wildman–Crippen MR) is 93.8 cm³/mol. The molecular weight excluding hydrogens is 328 g/mol. The van der Waals surface area contributed by atoms with E-state index >= 15 is 0 Å². The van der Waals surface area contributed by atoms with E-state index in [1.165, 1.54) is 0 Å². The van der Waals surface area contributed by atoms with Gasteiger partial charge in [0.05, 0.1) is 16.9 Å². The first-order valence-electron chi connectivity index (χ1n) is 7.66. The average molecular weight is 345 g/mol. The van der Waals surface area contributed by atoms with Crippen LogP contribution in [0.15, 0.2) is 36.4 Å². The molecule has 1 heterocycles. The second-order valence-corrected chi connectivity index (χ2v) is 6.22. The van der Waals surface area contributed by atoms with E-state index in [9.17, 15) is 14.7 Å². The van der Waals surface area contributed by atoms with Gasteiger partial charge < -0.3 is 15.3 Å². The molecule has 1 fully saturated rings. The highest BCUT2D eigenvalue weighted by atomic mass is 35.5. The van der Waals surface area contributed by atoms with E-state index in [2.05, 4.69) is 5.32 Å². The zero-order valence-corrected chi connectivity index (χ0v) is 13.9. The molecule has 1 saturated heterocycles. The number of phenols is 1. The van der Waals surface area contributed by atoms with Crippen LogP contribution in [0.25, 0.3) is 0 Å². The Bertz CT molecular complexity index is 820. The van der Waals surface area contributed by atoms with Crippen molar-refractivity contribution in [2.45, 2.75) is 19.8 Å².